The van der Waals surface area contributed by atoms with E-state index in [1.165, 1.54) is 5.56 Å². The molecule has 2 unspecified atom stereocenters. The molecule has 2 heteroatoms. The highest BCUT2D eigenvalue weighted by atomic mass is 16.5. The second-order valence-corrected chi connectivity index (χ2v) is 4.56. The Labute approximate surface area is 91.4 Å². The third kappa shape index (κ3) is 2.39. The van der Waals surface area contributed by atoms with Crippen LogP contribution in [0.5, 0.6) is 0 Å². The fraction of sp³-hybridized carbons (Fsp3) is 0.538. The number of hydrogen-bond acceptors (Lipinski definition) is 2. The molecule has 82 valence electrons. The molecule has 0 amide bonds. The summed E-state index contributed by atoms with van der Waals surface area (Å²) in [6.07, 6.45) is 3.12. The zero-order chi connectivity index (χ0) is 10.7. The maximum atomic E-state index is 6.22. The lowest BCUT2D eigenvalue weighted by atomic mass is 9.89. The molecular weight excluding hydrogens is 186 g/mol. The zero-order valence-electron chi connectivity index (χ0n) is 9.28. The summed E-state index contributed by atoms with van der Waals surface area (Å²) in [7, 11) is 0. The number of rotatable bonds is 3. The summed E-state index contributed by atoms with van der Waals surface area (Å²) in [5.41, 5.74) is 7.40. The number of ether oxygens (including phenoxy) is 1. The molecule has 15 heavy (non-hydrogen) atoms. The Morgan fingerprint density at radius 3 is 2.73 bits per heavy atom. The summed E-state index contributed by atoms with van der Waals surface area (Å²) in [6, 6.07) is 10.5. The maximum Gasteiger partial charge on any atom is 0.0808 e. The van der Waals surface area contributed by atoms with Crippen LogP contribution in [0.4, 0.5) is 0 Å². The molecule has 1 aliphatic rings. The summed E-state index contributed by atoms with van der Waals surface area (Å²) in [5, 5.41) is 0. The summed E-state index contributed by atoms with van der Waals surface area (Å²) in [5.74, 6) is 0. The van der Waals surface area contributed by atoms with Crippen LogP contribution in [0, 0.1) is 0 Å². The molecule has 2 nitrogen and oxygen atoms in total. The Bertz CT molecular complexity index is 304. The molecule has 0 radical (unpaired) electrons. The number of hydrogen-bond donors (Lipinski definition) is 1. The van der Waals surface area contributed by atoms with Crippen LogP contribution in [0.1, 0.15) is 25.3 Å². The first-order chi connectivity index (χ1) is 7.21. The van der Waals surface area contributed by atoms with Gasteiger partial charge in [-0.15, -0.1) is 0 Å². The van der Waals surface area contributed by atoms with Crippen molar-refractivity contribution >= 4 is 0 Å². The van der Waals surface area contributed by atoms with Crippen LogP contribution >= 0.6 is 0 Å². The van der Waals surface area contributed by atoms with Gasteiger partial charge in [0.1, 0.15) is 0 Å². The van der Waals surface area contributed by atoms with Gasteiger partial charge in [0.05, 0.1) is 5.60 Å². The Morgan fingerprint density at radius 2 is 2.13 bits per heavy atom. The summed E-state index contributed by atoms with van der Waals surface area (Å²) < 4.78 is 5.75. The minimum Gasteiger partial charge on any atom is -0.374 e. The van der Waals surface area contributed by atoms with E-state index in [0.29, 0.717) is 0 Å². The van der Waals surface area contributed by atoms with Gasteiger partial charge in [-0.1, -0.05) is 30.3 Å². The molecule has 0 bridgehead atoms. The summed E-state index contributed by atoms with van der Waals surface area (Å²) in [6.45, 7) is 2.99. The number of nitrogens with two attached hydrogens (primary N) is 1. The monoisotopic (exact) mass is 205 g/mol. The fourth-order valence-corrected chi connectivity index (χ4v) is 2.18. The smallest absolute Gasteiger partial charge is 0.0808 e. The molecule has 0 aromatic heterocycles. The second-order valence-electron chi connectivity index (χ2n) is 4.56. The first-order valence-electron chi connectivity index (χ1n) is 5.64. The van der Waals surface area contributed by atoms with Gasteiger partial charge in [0.15, 0.2) is 0 Å². The van der Waals surface area contributed by atoms with Crippen molar-refractivity contribution in [2.24, 2.45) is 5.73 Å². The van der Waals surface area contributed by atoms with Crippen LogP contribution in [-0.4, -0.2) is 18.2 Å². The third-order valence-electron chi connectivity index (χ3n) is 3.33. The molecule has 2 N–H and O–H groups in total. The van der Waals surface area contributed by atoms with Gasteiger partial charge in [-0.3, -0.25) is 0 Å². The molecular formula is C13H19NO. The van der Waals surface area contributed by atoms with Gasteiger partial charge in [-0.25, -0.2) is 0 Å². The van der Waals surface area contributed by atoms with Crippen LogP contribution in [0.3, 0.4) is 0 Å². The number of benzene rings is 1. The predicted octanol–water partition coefficient (Wildman–Crippen LogP) is 2.13. The van der Waals surface area contributed by atoms with Crippen molar-refractivity contribution in [3.63, 3.8) is 0 Å². The van der Waals surface area contributed by atoms with Crippen molar-refractivity contribution in [2.75, 3.05) is 6.61 Å². The van der Waals surface area contributed by atoms with Gasteiger partial charge in [0.25, 0.3) is 0 Å². The lowest BCUT2D eigenvalue weighted by Crippen LogP contribution is -2.46. The van der Waals surface area contributed by atoms with E-state index < -0.39 is 0 Å². The Balaban J connectivity index is 2.00. The zero-order valence-corrected chi connectivity index (χ0v) is 9.28. The van der Waals surface area contributed by atoms with Crippen molar-refractivity contribution in [1.29, 1.82) is 0 Å². The van der Waals surface area contributed by atoms with Gasteiger partial charge in [0.2, 0.25) is 0 Å². The second kappa shape index (κ2) is 4.33. The molecule has 2 atom stereocenters. The van der Waals surface area contributed by atoms with E-state index in [9.17, 15) is 0 Å². The first-order valence-corrected chi connectivity index (χ1v) is 5.64. The SMILES string of the molecule is CC1(C(N)Cc2ccccc2)CCCO1. The van der Waals surface area contributed by atoms with Crippen LogP contribution in [0.25, 0.3) is 0 Å². The average Bonchev–Trinajstić information content (AvgIpc) is 2.68. The van der Waals surface area contributed by atoms with Crippen LogP contribution in [0.15, 0.2) is 30.3 Å². The van der Waals surface area contributed by atoms with Crippen LogP contribution in [0.2, 0.25) is 0 Å². The van der Waals surface area contributed by atoms with Gasteiger partial charge in [0, 0.05) is 12.6 Å². The fourth-order valence-electron chi connectivity index (χ4n) is 2.18. The van der Waals surface area contributed by atoms with E-state index in [1.807, 2.05) is 6.07 Å². The summed E-state index contributed by atoms with van der Waals surface area (Å²) in [4.78, 5) is 0. The molecule has 1 fully saturated rings. The lowest BCUT2D eigenvalue weighted by Gasteiger charge is -2.30. The molecule has 0 aliphatic carbocycles. The largest absolute Gasteiger partial charge is 0.374 e. The Morgan fingerprint density at radius 1 is 1.40 bits per heavy atom. The molecule has 1 heterocycles. The highest BCUT2D eigenvalue weighted by Gasteiger charge is 2.35. The first kappa shape index (κ1) is 10.7. The lowest BCUT2D eigenvalue weighted by molar-refractivity contribution is -0.000903. The van der Waals surface area contributed by atoms with Crippen molar-refractivity contribution in [2.45, 2.75) is 37.8 Å². The van der Waals surface area contributed by atoms with Gasteiger partial charge < -0.3 is 10.5 Å². The topological polar surface area (TPSA) is 35.2 Å². The Hall–Kier alpha value is -0.860. The minimum absolute atomic E-state index is 0.0994. The minimum atomic E-state index is -0.115. The normalized spacial score (nSPS) is 27.9. The molecule has 0 spiro atoms. The van der Waals surface area contributed by atoms with E-state index in [0.717, 1.165) is 25.9 Å². The van der Waals surface area contributed by atoms with Gasteiger partial charge in [-0.2, -0.15) is 0 Å². The van der Waals surface area contributed by atoms with Gasteiger partial charge >= 0.3 is 0 Å². The molecule has 2 rings (SSSR count). The predicted molar refractivity (Wildman–Crippen MR) is 61.7 cm³/mol. The van der Waals surface area contributed by atoms with Crippen LogP contribution < -0.4 is 5.73 Å². The quantitative estimate of drug-likeness (QED) is 0.820. The molecule has 1 saturated heterocycles. The molecule has 1 aromatic rings. The van der Waals surface area contributed by atoms with E-state index in [2.05, 4.69) is 31.2 Å². The third-order valence-corrected chi connectivity index (χ3v) is 3.33. The van der Waals surface area contributed by atoms with E-state index in [1.54, 1.807) is 0 Å². The average molecular weight is 205 g/mol. The highest BCUT2D eigenvalue weighted by molar-refractivity contribution is 5.17. The van der Waals surface area contributed by atoms with Crippen molar-refractivity contribution in [3.8, 4) is 0 Å². The van der Waals surface area contributed by atoms with Crippen molar-refractivity contribution in [3.05, 3.63) is 35.9 Å². The Kier molecular flexibility index (Phi) is 3.08. The molecule has 1 aromatic carbocycles. The van der Waals surface area contributed by atoms with E-state index in [-0.39, 0.29) is 11.6 Å². The van der Waals surface area contributed by atoms with E-state index >= 15 is 0 Å². The maximum absolute atomic E-state index is 6.22. The molecule has 1 aliphatic heterocycles. The van der Waals surface area contributed by atoms with Gasteiger partial charge in [-0.05, 0) is 31.7 Å². The highest BCUT2D eigenvalue weighted by Crippen LogP contribution is 2.29. The van der Waals surface area contributed by atoms with E-state index in [4.69, 9.17) is 10.5 Å². The van der Waals surface area contributed by atoms with Crippen LogP contribution in [-0.2, 0) is 11.2 Å². The van der Waals surface area contributed by atoms with Crippen molar-refractivity contribution in [1.82, 2.24) is 0 Å². The molecule has 0 saturated carbocycles. The van der Waals surface area contributed by atoms with Crippen molar-refractivity contribution < 1.29 is 4.74 Å². The summed E-state index contributed by atoms with van der Waals surface area (Å²) >= 11 is 0. The standard InChI is InChI=1S/C13H19NO/c1-13(8-5-9-15-13)12(14)10-11-6-3-2-4-7-11/h2-4,6-7,12H,5,8-10,14H2,1H3.